The van der Waals surface area contributed by atoms with Crippen molar-refractivity contribution in [2.75, 3.05) is 6.54 Å². The molecule has 1 aliphatic heterocycles. The van der Waals surface area contributed by atoms with Crippen LogP contribution in [0.5, 0.6) is 0 Å². The topological polar surface area (TPSA) is 57.6 Å². The number of piperidine rings is 1. The maximum Gasteiger partial charge on any atom is 0.321 e. The molecule has 4 nitrogen and oxygen atoms in total. The van der Waals surface area contributed by atoms with Gasteiger partial charge in [0.1, 0.15) is 11.8 Å². The molecule has 1 saturated heterocycles. The van der Waals surface area contributed by atoms with Crippen LogP contribution in [-0.4, -0.2) is 34.3 Å². The molecule has 1 heterocycles. The fourth-order valence-corrected chi connectivity index (χ4v) is 2.46. The van der Waals surface area contributed by atoms with Gasteiger partial charge < -0.3 is 5.11 Å². The van der Waals surface area contributed by atoms with E-state index < -0.39 is 12.0 Å². The monoisotopic (exact) mass is 247 g/mol. The van der Waals surface area contributed by atoms with E-state index >= 15 is 0 Å². The molecular weight excluding hydrogens is 230 g/mol. The van der Waals surface area contributed by atoms with Crippen molar-refractivity contribution in [1.29, 1.82) is 0 Å². The molecule has 2 rings (SSSR count). The van der Waals surface area contributed by atoms with E-state index in [-0.39, 0.29) is 18.2 Å². The van der Waals surface area contributed by atoms with Crippen LogP contribution in [0.3, 0.4) is 0 Å². The molecule has 1 aliphatic rings. The third-order valence-corrected chi connectivity index (χ3v) is 3.53. The summed E-state index contributed by atoms with van der Waals surface area (Å²) >= 11 is 0. The summed E-state index contributed by atoms with van der Waals surface area (Å²) in [6, 6.07) is 9.11. The Balaban J connectivity index is 2.20. The van der Waals surface area contributed by atoms with Gasteiger partial charge in [0.15, 0.2) is 0 Å². The number of carboxylic acids is 1. The first kappa shape index (κ1) is 12.8. The number of likely N-dealkylation sites (tertiary alicyclic amines) is 1. The lowest BCUT2D eigenvalue weighted by Crippen LogP contribution is -2.48. The molecule has 0 saturated carbocycles. The molecule has 1 aromatic rings. The third-order valence-electron chi connectivity index (χ3n) is 3.53. The van der Waals surface area contributed by atoms with Gasteiger partial charge >= 0.3 is 5.97 Å². The number of carbonyl (C=O) groups excluding carboxylic acids is 1. The summed E-state index contributed by atoms with van der Waals surface area (Å²) in [4.78, 5) is 24.5. The number of nitrogens with zero attached hydrogens (tertiary/aromatic N) is 1. The Morgan fingerprint density at radius 2 is 2.06 bits per heavy atom. The zero-order chi connectivity index (χ0) is 13.1. The maximum absolute atomic E-state index is 11.4. The van der Waals surface area contributed by atoms with Crippen LogP contribution < -0.4 is 0 Å². The SMILES string of the molecule is CC(c1ccccc1)N1CCC(=O)C[C@@H]1C(=O)O. The highest BCUT2D eigenvalue weighted by molar-refractivity contribution is 5.87. The summed E-state index contributed by atoms with van der Waals surface area (Å²) in [5.74, 6) is -0.871. The number of Topliss-reactive ketones (excluding diaryl/α,β-unsaturated/α-hetero) is 1. The number of rotatable bonds is 3. The average molecular weight is 247 g/mol. The highest BCUT2D eigenvalue weighted by atomic mass is 16.4. The summed E-state index contributed by atoms with van der Waals surface area (Å²) in [5, 5.41) is 9.23. The van der Waals surface area contributed by atoms with Crippen LogP contribution in [0.2, 0.25) is 0 Å². The summed E-state index contributed by atoms with van der Waals surface area (Å²) in [5.41, 5.74) is 1.08. The first-order valence-corrected chi connectivity index (χ1v) is 6.15. The standard InChI is InChI=1S/C14H17NO3/c1-10(11-5-3-2-4-6-11)15-8-7-12(16)9-13(15)14(17)18/h2-6,10,13H,7-9H2,1H3,(H,17,18)/t10?,13-/m1/s1. The van der Waals surface area contributed by atoms with Crippen molar-refractivity contribution in [2.24, 2.45) is 0 Å². The molecule has 96 valence electrons. The molecule has 0 aliphatic carbocycles. The van der Waals surface area contributed by atoms with Crippen LogP contribution >= 0.6 is 0 Å². The molecule has 1 unspecified atom stereocenters. The van der Waals surface area contributed by atoms with Crippen LogP contribution in [0.4, 0.5) is 0 Å². The number of hydrogen-bond donors (Lipinski definition) is 1. The first-order valence-electron chi connectivity index (χ1n) is 6.15. The summed E-state index contributed by atoms with van der Waals surface area (Å²) in [7, 11) is 0. The molecule has 4 heteroatoms. The number of carbonyl (C=O) groups is 2. The van der Waals surface area contributed by atoms with Crippen molar-refractivity contribution in [3.05, 3.63) is 35.9 Å². The van der Waals surface area contributed by atoms with E-state index in [1.54, 1.807) is 0 Å². The number of hydrogen-bond acceptors (Lipinski definition) is 3. The second kappa shape index (κ2) is 5.31. The lowest BCUT2D eigenvalue weighted by molar-refractivity contribution is -0.148. The van der Waals surface area contributed by atoms with E-state index in [1.165, 1.54) is 0 Å². The Morgan fingerprint density at radius 3 is 2.67 bits per heavy atom. The Kier molecular flexibility index (Phi) is 3.77. The van der Waals surface area contributed by atoms with Gasteiger partial charge in [-0.1, -0.05) is 30.3 Å². The van der Waals surface area contributed by atoms with Crippen molar-refractivity contribution in [3.63, 3.8) is 0 Å². The Morgan fingerprint density at radius 1 is 1.39 bits per heavy atom. The van der Waals surface area contributed by atoms with Gasteiger partial charge in [0.05, 0.1) is 0 Å². The lowest BCUT2D eigenvalue weighted by atomic mass is 9.96. The molecule has 1 fully saturated rings. The van der Waals surface area contributed by atoms with E-state index in [2.05, 4.69) is 0 Å². The lowest BCUT2D eigenvalue weighted by Gasteiger charge is -2.37. The average Bonchev–Trinajstić information content (AvgIpc) is 2.39. The van der Waals surface area contributed by atoms with E-state index in [0.717, 1.165) is 5.56 Å². The molecular formula is C14H17NO3. The number of ketones is 1. The van der Waals surface area contributed by atoms with Gasteiger partial charge in [-0.05, 0) is 12.5 Å². The zero-order valence-electron chi connectivity index (χ0n) is 10.4. The number of carboxylic acid groups (broad SMARTS) is 1. The van der Waals surface area contributed by atoms with E-state index in [1.807, 2.05) is 42.2 Å². The molecule has 0 bridgehead atoms. The molecule has 0 radical (unpaired) electrons. The van der Waals surface area contributed by atoms with Crippen molar-refractivity contribution in [1.82, 2.24) is 4.90 Å². The molecule has 0 aromatic heterocycles. The largest absolute Gasteiger partial charge is 0.480 e. The van der Waals surface area contributed by atoms with Crippen molar-refractivity contribution in [2.45, 2.75) is 31.8 Å². The van der Waals surface area contributed by atoms with Gasteiger partial charge in [-0.2, -0.15) is 0 Å². The summed E-state index contributed by atoms with van der Waals surface area (Å²) < 4.78 is 0. The Labute approximate surface area is 106 Å². The van der Waals surface area contributed by atoms with Crippen LogP contribution in [-0.2, 0) is 9.59 Å². The summed E-state index contributed by atoms with van der Waals surface area (Å²) in [6.07, 6.45) is 0.563. The molecule has 1 N–H and O–H groups in total. The van der Waals surface area contributed by atoms with Gasteiger partial charge in [0, 0.05) is 25.4 Å². The highest BCUT2D eigenvalue weighted by Crippen LogP contribution is 2.27. The maximum atomic E-state index is 11.4. The van der Waals surface area contributed by atoms with E-state index in [9.17, 15) is 14.7 Å². The van der Waals surface area contributed by atoms with Gasteiger partial charge in [-0.25, -0.2) is 0 Å². The molecule has 1 aromatic carbocycles. The van der Waals surface area contributed by atoms with Crippen LogP contribution in [0.25, 0.3) is 0 Å². The zero-order valence-corrected chi connectivity index (χ0v) is 10.4. The second-order valence-electron chi connectivity index (χ2n) is 4.67. The van der Waals surface area contributed by atoms with Crippen LogP contribution in [0.15, 0.2) is 30.3 Å². The van der Waals surface area contributed by atoms with Gasteiger partial charge in [0.25, 0.3) is 0 Å². The van der Waals surface area contributed by atoms with Crippen molar-refractivity contribution >= 4 is 11.8 Å². The van der Waals surface area contributed by atoms with E-state index in [4.69, 9.17) is 0 Å². The molecule has 0 amide bonds. The predicted molar refractivity (Wildman–Crippen MR) is 67.2 cm³/mol. The smallest absolute Gasteiger partial charge is 0.321 e. The minimum atomic E-state index is -0.911. The third kappa shape index (κ3) is 2.59. The first-order chi connectivity index (χ1) is 8.59. The van der Waals surface area contributed by atoms with Crippen LogP contribution in [0.1, 0.15) is 31.4 Å². The number of aliphatic carboxylic acids is 1. The Hall–Kier alpha value is -1.68. The van der Waals surface area contributed by atoms with Gasteiger partial charge in [0.2, 0.25) is 0 Å². The molecule has 18 heavy (non-hydrogen) atoms. The summed E-state index contributed by atoms with van der Waals surface area (Å²) in [6.45, 7) is 2.51. The van der Waals surface area contributed by atoms with Gasteiger partial charge in [-0.3, -0.25) is 14.5 Å². The number of benzene rings is 1. The van der Waals surface area contributed by atoms with E-state index in [0.29, 0.717) is 13.0 Å². The van der Waals surface area contributed by atoms with Gasteiger partial charge in [-0.15, -0.1) is 0 Å². The molecule has 2 atom stereocenters. The highest BCUT2D eigenvalue weighted by Gasteiger charge is 2.35. The predicted octanol–water partition coefficient (Wildman–Crippen LogP) is 1.87. The quantitative estimate of drug-likeness (QED) is 0.885. The van der Waals surface area contributed by atoms with Crippen LogP contribution in [0, 0.1) is 0 Å². The normalized spacial score (nSPS) is 22.7. The molecule has 0 spiro atoms. The van der Waals surface area contributed by atoms with Crippen molar-refractivity contribution in [3.8, 4) is 0 Å². The fourth-order valence-electron chi connectivity index (χ4n) is 2.46. The Bertz CT molecular complexity index is 444. The van der Waals surface area contributed by atoms with Crippen molar-refractivity contribution < 1.29 is 14.7 Å². The fraction of sp³-hybridized carbons (Fsp3) is 0.429. The minimum absolute atomic E-state index is 0.0143. The second-order valence-corrected chi connectivity index (χ2v) is 4.67. The minimum Gasteiger partial charge on any atom is -0.480 e.